The number of allylic oxidation sites excluding steroid dienone is 2. The van der Waals surface area contributed by atoms with Gasteiger partial charge in [-0.15, -0.1) is 0 Å². The molecule has 0 spiro atoms. The van der Waals surface area contributed by atoms with Crippen LogP contribution in [0.15, 0.2) is 72.8 Å². The molecule has 1 heteroatoms. The van der Waals surface area contributed by atoms with Crippen LogP contribution in [0.1, 0.15) is 19.3 Å². The summed E-state index contributed by atoms with van der Waals surface area (Å²) < 4.78 is 0. The fourth-order valence-electron chi connectivity index (χ4n) is 1.95. The molecule has 1 aliphatic rings. The largest absolute Gasteiger partial charge is 0.295 e. The first-order chi connectivity index (χ1) is 9.36. The molecule has 0 atom stereocenters. The van der Waals surface area contributed by atoms with Gasteiger partial charge in [0.15, 0.2) is 5.78 Å². The third kappa shape index (κ3) is 4.55. The average Bonchev–Trinajstić information content (AvgIpc) is 2.51. The number of hydrogen-bond acceptors (Lipinski definition) is 1. The summed E-state index contributed by atoms with van der Waals surface area (Å²) in [5.74, 6) is 0.284. The molecule has 96 valence electrons. The Morgan fingerprint density at radius 2 is 1.26 bits per heavy atom. The van der Waals surface area contributed by atoms with Crippen molar-refractivity contribution in [3.63, 3.8) is 0 Å². The number of carbonyl (C=O) groups excluding carboxylic acids is 1. The molecule has 0 saturated heterocycles. The van der Waals surface area contributed by atoms with Gasteiger partial charge >= 0.3 is 0 Å². The van der Waals surface area contributed by atoms with Crippen molar-refractivity contribution in [2.75, 3.05) is 0 Å². The van der Waals surface area contributed by atoms with Crippen LogP contribution in [0.25, 0.3) is 11.1 Å². The van der Waals surface area contributed by atoms with E-state index >= 15 is 0 Å². The topological polar surface area (TPSA) is 17.1 Å². The minimum Gasteiger partial charge on any atom is -0.295 e. The second-order valence-corrected chi connectivity index (χ2v) is 4.49. The molecular formula is C18H18O. The van der Waals surface area contributed by atoms with Crippen LogP contribution >= 0.6 is 0 Å². The van der Waals surface area contributed by atoms with E-state index in [1.807, 2.05) is 18.2 Å². The molecule has 19 heavy (non-hydrogen) atoms. The van der Waals surface area contributed by atoms with Crippen LogP contribution in [0.4, 0.5) is 0 Å². The van der Waals surface area contributed by atoms with Gasteiger partial charge in [-0.1, -0.05) is 66.7 Å². The molecule has 1 nitrogen and oxygen atoms in total. The van der Waals surface area contributed by atoms with Crippen molar-refractivity contribution >= 4 is 5.78 Å². The third-order valence-electron chi connectivity index (χ3n) is 2.98. The van der Waals surface area contributed by atoms with Crippen molar-refractivity contribution in [1.82, 2.24) is 0 Å². The number of ketones is 1. The molecule has 2 aromatic rings. The van der Waals surface area contributed by atoms with E-state index in [2.05, 4.69) is 48.5 Å². The highest BCUT2D eigenvalue weighted by Crippen LogP contribution is 2.17. The Morgan fingerprint density at radius 1 is 0.737 bits per heavy atom. The highest BCUT2D eigenvalue weighted by Gasteiger charge is 1.98. The van der Waals surface area contributed by atoms with Gasteiger partial charge in [-0.05, 0) is 30.0 Å². The van der Waals surface area contributed by atoms with E-state index in [4.69, 9.17) is 0 Å². The van der Waals surface area contributed by atoms with Gasteiger partial charge in [-0.3, -0.25) is 4.79 Å². The molecule has 3 rings (SSSR count). The lowest BCUT2D eigenvalue weighted by atomic mass is 10.1. The number of carbonyl (C=O) groups is 1. The molecule has 0 unspecified atom stereocenters. The Bertz CT molecular complexity index is 489. The molecular weight excluding hydrogens is 232 g/mol. The summed E-state index contributed by atoms with van der Waals surface area (Å²) in [5, 5.41) is 0. The standard InChI is InChI=1S/C12H10.C6H8O/c1-3-7-11(8-4-1)12-9-5-2-6-10-12;7-6-4-2-1-3-5-6/h1-10H;2,4H,1,3,5H2. The maximum absolute atomic E-state index is 10.4. The quantitative estimate of drug-likeness (QED) is 0.720. The van der Waals surface area contributed by atoms with Crippen LogP contribution in [0.5, 0.6) is 0 Å². The molecule has 1 aliphatic carbocycles. The molecule has 0 radical (unpaired) electrons. The van der Waals surface area contributed by atoms with E-state index in [9.17, 15) is 4.79 Å². The zero-order valence-corrected chi connectivity index (χ0v) is 11.0. The summed E-state index contributed by atoms with van der Waals surface area (Å²) in [6.07, 6.45) is 6.51. The summed E-state index contributed by atoms with van der Waals surface area (Å²) in [4.78, 5) is 10.4. The van der Waals surface area contributed by atoms with Gasteiger partial charge in [0.1, 0.15) is 0 Å². The zero-order valence-electron chi connectivity index (χ0n) is 11.0. The summed E-state index contributed by atoms with van der Waals surface area (Å²) in [6.45, 7) is 0. The molecule has 2 aromatic carbocycles. The SMILES string of the molecule is O=C1C=CCCC1.c1ccc(-c2ccccc2)cc1. The highest BCUT2D eigenvalue weighted by atomic mass is 16.1. The Morgan fingerprint density at radius 3 is 1.58 bits per heavy atom. The van der Waals surface area contributed by atoms with Crippen LogP contribution in [-0.2, 0) is 4.79 Å². The van der Waals surface area contributed by atoms with Crippen LogP contribution < -0.4 is 0 Å². The van der Waals surface area contributed by atoms with Crippen molar-refractivity contribution in [3.8, 4) is 11.1 Å². The van der Waals surface area contributed by atoms with Crippen molar-refractivity contribution in [2.24, 2.45) is 0 Å². The normalized spacial score (nSPS) is 13.6. The Hall–Kier alpha value is -2.15. The second-order valence-electron chi connectivity index (χ2n) is 4.49. The summed E-state index contributed by atoms with van der Waals surface area (Å²) >= 11 is 0. The lowest BCUT2D eigenvalue weighted by Crippen LogP contribution is -1.95. The first-order valence-electron chi connectivity index (χ1n) is 6.66. The first kappa shape index (κ1) is 13.3. The zero-order chi connectivity index (χ0) is 13.3. The van der Waals surface area contributed by atoms with Gasteiger partial charge in [0.25, 0.3) is 0 Å². The molecule has 0 saturated carbocycles. The van der Waals surface area contributed by atoms with Crippen molar-refractivity contribution in [2.45, 2.75) is 19.3 Å². The maximum Gasteiger partial charge on any atom is 0.155 e. The molecule has 0 bridgehead atoms. The highest BCUT2D eigenvalue weighted by molar-refractivity contribution is 5.90. The lowest BCUT2D eigenvalue weighted by molar-refractivity contribution is -0.114. The van der Waals surface area contributed by atoms with Crippen LogP contribution in [0, 0.1) is 0 Å². The monoisotopic (exact) mass is 250 g/mol. The van der Waals surface area contributed by atoms with Gasteiger partial charge in [-0.2, -0.15) is 0 Å². The number of rotatable bonds is 1. The number of hydrogen-bond donors (Lipinski definition) is 0. The first-order valence-corrected chi connectivity index (χ1v) is 6.66. The molecule has 0 fully saturated rings. The predicted molar refractivity (Wildman–Crippen MR) is 79.9 cm³/mol. The summed E-state index contributed by atoms with van der Waals surface area (Å²) in [7, 11) is 0. The Kier molecular flexibility index (Phi) is 5.12. The molecule has 0 aliphatic heterocycles. The van der Waals surface area contributed by atoms with Crippen molar-refractivity contribution < 1.29 is 4.79 Å². The molecule has 0 aromatic heterocycles. The van der Waals surface area contributed by atoms with Crippen molar-refractivity contribution in [1.29, 1.82) is 0 Å². The van der Waals surface area contributed by atoms with Crippen molar-refractivity contribution in [3.05, 3.63) is 72.8 Å². The van der Waals surface area contributed by atoms with Gasteiger partial charge in [0.05, 0.1) is 0 Å². The summed E-state index contributed by atoms with van der Waals surface area (Å²) in [5.41, 5.74) is 2.55. The Balaban J connectivity index is 0.000000163. The second kappa shape index (κ2) is 7.32. The van der Waals surface area contributed by atoms with Crippen LogP contribution in [0.3, 0.4) is 0 Å². The predicted octanol–water partition coefficient (Wildman–Crippen LogP) is 4.65. The van der Waals surface area contributed by atoms with Gasteiger partial charge in [0.2, 0.25) is 0 Å². The minimum atomic E-state index is 0.284. The van der Waals surface area contributed by atoms with E-state index < -0.39 is 0 Å². The van der Waals surface area contributed by atoms with Crippen LogP contribution in [0.2, 0.25) is 0 Å². The van der Waals surface area contributed by atoms with Gasteiger partial charge in [0, 0.05) is 6.42 Å². The van der Waals surface area contributed by atoms with Crippen LogP contribution in [-0.4, -0.2) is 5.78 Å². The molecule has 0 heterocycles. The Labute approximate surface area is 114 Å². The lowest BCUT2D eigenvalue weighted by Gasteiger charge is -1.98. The average molecular weight is 250 g/mol. The smallest absolute Gasteiger partial charge is 0.155 e. The van der Waals surface area contributed by atoms with E-state index in [1.54, 1.807) is 6.08 Å². The van der Waals surface area contributed by atoms with Gasteiger partial charge < -0.3 is 0 Å². The van der Waals surface area contributed by atoms with E-state index in [-0.39, 0.29) is 5.78 Å². The fourth-order valence-corrected chi connectivity index (χ4v) is 1.95. The van der Waals surface area contributed by atoms with E-state index in [0.29, 0.717) is 0 Å². The fraction of sp³-hybridized carbons (Fsp3) is 0.167. The minimum absolute atomic E-state index is 0.284. The number of benzene rings is 2. The van der Waals surface area contributed by atoms with E-state index in [1.165, 1.54) is 11.1 Å². The summed E-state index contributed by atoms with van der Waals surface area (Å²) in [6, 6.07) is 20.8. The maximum atomic E-state index is 10.4. The molecule has 0 N–H and O–H groups in total. The van der Waals surface area contributed by atoms with Gasteiger partial charge in [-0.25, -0.2) is 0 Å². The third-order valence-corrected chi connectivity index (χ3v) is 2.98. The van der Waals surface area contributed by atoms with E-state index in [0.717, 1.165) is 19.3 Å². The molecule has 0 amide bonds.